The Morgan fingerprint density at radius 1 is 1.04 bits per heavy atom. The summed E-state index contributed by atoms with van der Waals surface area (Å²) in [4.78, 5) is 9.20. The van der Waals surface area contributed by atoms with Gasteiger partial charge in [0.05, 0.1) is 11.2 Å². The van der Waals surface area contributed by atoms with Gasteiger partial charge in [0.15, 0.2) is 0 Å². The fourth-order valence-electron chi connectivity index (χ4n) is 3.82. The van der Waals surface area contributed by atoms with Crippen LogP contribution in [0.15, 0.2) is 48.5 Å². The summed E-state index contributed by atoms with van der Waals surface area (Å²) in [7, 11) is 0. The number of aromatic nitrogens is 4. The minimum absolute atomic E-state index is 0.500. The van der Waals surface area contributed by atoms with E-state index in [2.05, 4.69) is 15.7 Å². The molecule has 0 saturated carbocycles. The Bertz CT molecular complexity index is 1150. The minimum atomic E-state index is 0.500. The van der Waals surface area contributed by atoms with Crippen molar-refractivity contribution in [3.05, 3.63) is 65.1 Å². The first kappa shape index (κ1) is 15.5. The van der Waals surface area contributed by atoms with Crippen LogP contribution >= 0.6 is 11.6 Å². The van der Waals surface area contributed by atoms with Crippen molar-refractivity contribution in [1.82, 2.24) is 19.7 Å². The van der Waals surface area contributed by atoms with Crippen molar-refractivity contribution >= 4 is 22.5 Å². The first-order valence-electron chi connectivity index (χ1n) is 8.80. The third kappa shape index (κ3) is 2.41. The lowest BCUT2D eigenvalue weighted by atomic mass is 9.96. The molecule has 0 spiro atoms. The van der Waals surface area contributed by atoms with E-state index in [1.54, 1.807) is 0 Å². The molecule has 5 heteroatoms. The molecule has 0 N–H and O–H groups in total. The lowest BCUT2D eigenvalue weighted by Crippen LogP contribution is -1.95. The maximum absolute atomic E-state index is 6.36. The molecule has 26 heavy (non-hydrogen) atoms. The molecule has 0 bridgehead atoms. The predicted octanol–water partition coefficient (Wildman–Crippen LogP) is 5.07. The van der Waals surface area contributed by atoms with Crippen LogP contribution in [0.1, 0.15) is 17.8 Å². The number of fused-ring (bicyclic) bond motifs is 2. The van der Waals surface area contributed by atoms with Crippen LogP contribution in [0.25, 0.3) is 33.4 Å². The molecule has 4 heterocycles. The second-order valence-electron chi connectivity index (χ2n) is 6.67. The fourth-order valence-corrected chi connectivity index (χ4v) is 4.02. The normalized spacial score (nSPS) is 13.3. The van der Waals surface area contributed by atoms with E-state index >= 15 is 0 Å². The van der Waals surface area contributed by atoms with Gasteiger partial charge in [0.25, 0.3) is 0 Å². The van der Waals surface area contributed by atoms with Gasteiger partial charge >= 0.3 is 0 Å². The second-order valence-corrected chi connectivity index (χ2v) is 7.06. The number of para-hydroxylation sites is 1. The maximum atomic E-state index is 6.36. The van der Waals surface area contributed by atoms with Crippen LogP contribution in [0.3, 0.4) is 0 Å². The highest BCUT2D eigenvalue weighted by Crippen LogP contribution is 2.40. The first-order valence-corrected chi connectivity index (χ1v) is 9.18. The molecule has 1 aliphatic heterocycles. The number of pyridine rings is 2. The van der Waals surface area contributed by atoms with Crippen molar-refractivity contribution in [1.29, 1.82) is 0 Å². The van der Waals surface area contributed by atoms with Crippen LogP contribution in [0, 0.1) is 6.92 Å². The number of rotatable bonds is 2. The molecule has 5 rings (SSSR count). The highest BCUT2D eigenvalue weighted by Gasteiger charge is 2.26. The number of nitrogens with zero attached hydrogens (tertiary/aromatic N) is 4. The van der Waals surface area contributed by atoms with Gasteiger partial charge < -0.3 is 0 Å². The van der Waals surface area contributed by atoms with Gasteiger partial charge in [-0.3, -0.25) is 9.67 Å². The number of aryl methyl sites for hydroxylation is 2. The van der Waals surface area contributed by atoms with E-state index in [-0.39, 0.29) is 0 Å². The van der Waals surface area contributed by atoms with Crippen molar-refractivity contribution in [2.75, 3.05) is 0 Å². The van der Waals surface area contributed by atoms with Crippen LogP contribution in [0.4, 0.5) is 0 Å². The van der Waals surface area contributed by atoms with E-state index < -0.39 is 0 Å². The van der Waals surface area contributed by atoms with Crippen molar-refractivity contribution in [2.45, 2.75) is 26.3 Å². The van der Waals surface area contributed by atoms with E-state index in [0.29, 0.717) is 5.15 Å². The quantitative estimate of drug-likeness (QED) is 0.469. The summed E-state index contributed by atoms with van der Waals surface area (Å²) >= 11 is 6.36. The summed E-state index contributed by atoms with van der Waals surface area (Å²) in [5, 5.41) is 6.50. The Balaban J connectivity index is 1.86. The Labute approximate surface area is 156 Å². The van der Waals surface area contributed by atoms with Crippen LogP contribution in [0.2, 0.25) is 5.15 Å². The lowest BCUT2D eigenvalue weighted by Gasteiger charge is -2.10. The molecule has 0 radical (unpaired) electrons. The molecule has 0 saturated heterocycles. The third-order valence-corrected chi connectivity index (χ3v) is 5.12. The SMILES string of the molecule is Cc1cccc(-c2nn3c(c2-c2cc(Cl)nc4ccccc24)CCC3)n1. The van der Waals surface area contributed by atoms with E-state index in [9.17, 15) is 0 Å². The Kier molecular flexibility index (Phi) is 3.54. The smallest absolute Gasteiger partial charge is 0.130 e. The zero-order valence-corrected chi connectivity index (χ0v) is 15.2. The van der Waals surface area contributed by atoms with Gasteiger partial charge in [-0.1, -0.05) is 35.9 Å². The van der Waals surface area contributed by atoms with Crippen molar-refractivity contribution in [3.8, 4) is 22.5 Å². The molecule has 128 valence electrons. The Morgan fingerprint density at radius 3 is 2.81 bits per heavy atom. The molecule has 0 fully saturated rings. The Hall–Kier alpha value is -2.72. The van der Waals surface area contributed by atoms with Crippen molar-refractivity contribution < 1.29 is 0 Å². The van der Waals surface area contributed by atoms with Crippen molar-refractivity contribution in [3.63, 3.8) is 0 Å². The lowest BCUT2D eigenvalue weighted by molar-refractivity contribution is 0.658. The summed E-state index contributed by atoms with van der Waals surface area (Å²) in [5.74, 6) is 0. The zero-order chi connectivity index (χ0) is 17.7. The van der Waals surface area contributed by atoms with Gasteiger partial charge in [-0.25, -0.2) is 4.98 Å². The van der Waals surface area contributed by atoms with Gasteiger partial charge in [-0.2, -0.15) is 5.10 Å². The number of benzene rings is 1. The van der Waals surface area contributed by atoms with Crippen LogP contribution in [-0.4, -0.2) is 19.7 Å². The molecule has 0 unspecified atom stereocenters. The molecule has 4 nitrogen and oxygen atoms in total. The van der Waals surface area contributed by atoms with Gasteiger partial charge in [0, 0.05) is 28.9 Å². The summed E-state index contributed by atoms with van der Waals surface area (Å²) in [6.45, 7) is 2.95. The van der Waals surface area contributed by atoms with E-state index in [0.717, 1.165) is 58.5 Å². The fraction of sp³-hybridized carbons (Fsp3) is 0.190. The predicted molar refractivity (Wildman–Crippen MR) is 104 cm³/mol. The summed E-state index contributed by atoms with van der Waals surface area (Å²) in [5.41, 5.74) is 7.20. The average Bonchev–Trinajstić information content (AvgIpc) is 3.22. The van der Waals surface area contributed by atoms with Crippen molar-refractivity contribution in [2.24, 2.45) is 0 Å². The van der Waals surface area contributed by atoms with E-state index in [4.69, 9.17) is 21.7 Å². The molecule has 1 aromatic carbocycles. The topological polar surface area (TPSA) is 43.6 Å². The summed E-state index contributed by atoms with van der Waals surface area (Å²) in [6, 6.07) is 16.1. The monoisotopic (exact) mass is 360 g/mol. The highest BCUT2D eigenvalue weighted by atomic mass is 35.5. The van der Waals surface area contributed by atoms with Gasteiger partial charge in [0.2, 0.25) is 0 Å². The van der Waals surface area contributed by atoms with Gasteiger partial charge in [0.1, 0.15) is 10.8 Å². The van der Waals surface area contributed by atoms with E-state index in [1.807, 2.05) is 49.4 Å². The van der Waals surface area contributed by atoms with Crippen LogP contribution in [-0.2, 0) is 13.0 Å². The number of hydrogen-bond acceptors (Lipinski definition) is 3. The number of hydrogen-bond donors (Lipinski definition) is 0. The van der Waals surface area contributed by atoms with Crippen LogP contribution < -0.4 is 0 Å². The maximum Gasteiger partial charge on any atom is 0.130 e. The third-order valence-electron chi connectivity index (χ3n) is 4.93. The average molecular weight is 361 g/mol. The Morgan fingerprint density at radius 2 is 1.92 bits per heavy atom. The molecule has 0 aliphatic carbocycles. The molecular formula is C21H17ClN4. The molecule has 0 atom stereocenters. The van der Waals surface area contributed by atoms with Gasteiger partial charge in [-0.05, 0) is 49.6 Å². The van der Waals surface area contributed by atoms with E-state index in [1.165, 1.54) is 5.69 Å². The zero-order valence-electron chi connectivity index (χ0n) is 14.4. The minimum Gasteiger partial charge on any atom is -0.268 e. The van der Waals surface area contributed by atoms with Crippen LogP contribution in [0.5, 0.6) is 0 Å². The molecule has 0 amide bonds. The second kappa shape index (κ2) is 5.92. The summed E-state index contributed by atoms with van der Waals surface area (Å²) < 4.78 is 2.12. The molecule has 4 aromatic rings. The number of halogens is 1. The summed E-state index contributed by atoms with van der Waals surface area (Å²) in [6.07, 6.45) is 2.13. The molecular weight excluding hydrogens is 344 g/mol. The first-order chi connectivity index (χ1) is 12.7. The van der Waals surface area contributed by atoms with Gasteiger partial charge in [-0.15, -0.1) is 0 Å². The standard InChI is InChI=1S/C21H17ClN4/c1-13-6-4-9-17(23-13)21-20(18-10-5-11-26(18)25-21)15-12-19(22)24-16-8-3-2-7-14(15)16/h2-4,6-9,12H,5,10-11H2,1H3. The highest BCUT2D eigenvalue weighted by molar-refractivity contribution is 6.30. The molecule has 3 aromatic heterocycles. The largest absolute Gasteiger partial charge is 0.268 e. The molecule has 1 aliphatic rings.